The van der Waals surface area contributed by atoms with Crippen molar-refractivity contribution in [1.29, 1.82) is 0 Å². The van der Waals surface area contributed by atoms with Crippen molar-refractivity contribution in [3.63, 3.8) is 0 Å². The molecule has 1 aliphatic carbocycles. The van der Waals surface area contributed by atoms with Crippen LogP contribution in [-0.2, 0) is 11.2 Å². The Morgan fingerprint density at radius 3 is 2.33 bits per heavy atom. The topological polar surface area (TPSA) is 70.5 Å². The van der Waals surface area contributed by atoms with Crippen LogP contribution in [0.4, 0.5) is 0 Å². The summed E-state index contributed by atoms with van der Waals surface area (Å²) in [7, 11) is 0. The summed E-state index contributed by atoms with van der Waals surface area (Å²) in [5, 5.41) is 0.531. The predicted molar refractivity (Wildman–Crippen MR) is 147 cm³/mol. The lowest BCUT2D eigenvalue weighted by Gasteiger charge is -2.48. The number of hydrogen-bond acceptors (Lipinski definition) is 5. The van der Waals surface area contributed by atoms with Crippen LogP contribution in [-0.4, -0.2) is 22.4 Å². The highest BCUT2D eigenvalue weighted by Crippen LogP contribution is 2.48. The zero-order valence-electron chi connectivity index (χ0n) is 21.0. The molecule has 2 rings (SSSR count). The molecule has 0 radical (unpaired) electrons. The van der Waals surface area contributed by atoms with Crippen molar-refractivity contribution in [2.75, 3.05) is 0 Å². The van der Waals surface area contributed by atoms with E-state index in [0.717, 1.165) is 37.9 Å². The van der Waals surface area contributed by atoms with Gasteiger partial charge in [-0.15, -0.1) is 0 Å². The molecule has 0 aliphatic heterocycles. The number of ether oxygens (including phenoxy) is 2. The van der Waals surface area contributed by atoms with Gasteiger partial charge in [0.05, 0.1) is 6.04 Å². The van der Waals surface area contributed by atoms with Gasteiger partial charge in [0.2, 0.25) is 0 Å². The molecule has 0 amide bonds. The van der Waals surface area contributed by atoms with Gasteiger partial charge in [-0.25, -0.2) is 0 Å². The smallest absolute Gasteiger partial charge is 0.254 e. The third-order valence-corrected chi connectivity index (χ3v) is 7.31. The number of unbranched alkanes of at least 4 members (excludes halogenated alkanes) is 6. The molecular weight excluding hydrogens is 448 g/mol. The van der Waals surface area contributed by atoms with Crippen LogP contribution in [0.2, 0.25) is 0 Å². The first kappa shape index (κ1) is 28.0. The monoisotopic (exact) mass is 492 g/mol. The Kier molecular flexibility index (Phi) is 11.0. The van der Waals surface area contributed by atoms with E-state index in [9.17, 15) is 0 Å². The summed E-state index contributed by atoms with van der Waals surface area (Å²) in [5.74, 6) is 0.832. The van der Waals surface area contributed by atoms with Gasteiger partial charge < -0.3 is 20.9 Å². The van der Waals surface area contributed by atoms with Gasteiger partial charge in [0.15, 0.2) is 5.05 Å². The largest absolute Gasteiger partial charge is 0.468 e. The third kappa shape index (κ3) is 9.14. The molecule has 0 spiro atoms. The Labute approximate surface area is 212 Å². The average Bonchev–Trinajstić information content (AvgIpc) is 2.71. The molecule has 3 atom stereocenters. The summed E-state index contributed by atoms with van der Waals surface area (Å²) in [6, 6.07) is 7.81. The Bertz CT molecular complexity index is 783. The van der Waals surface area contributed by atoms with E-state index in [0.29, 0.717) is 5.05 Å². The molecule has 186 valence electrons. The Balaban J connectivity index is 1.99. The maximum Gasteiger partial charge on any atom is 0.254 e. The molecule has 4 N–H and O–H groups in total. The lowest BCUT2D eigenvalue weighted by molar-refractivity contribution is -0.00550. The number of para-hydroxylation sites is 1. The first-order valence-electron chi connectivity index (χ1n) is 12.6. The van der Waals surface area contributed by atoms with Crippen molar-refractivity contribution in [3.8, 4) is 5.75 Å². The lowest BCUT2D eigenvalue weighted by Crippen LogP contribution is -2.53. The molecule has 0 heterocycles. The van der Waals surface area contributed by atoms with Crippen molar-refractivity contribution in [1.82, 2.24) is 0 Å². The van der Waals surface area contributed by atoms with E-state index >= 15 is 0 Å². The number of hydrogen-bond donors (Lipinski definition) is 2. The molecule has 0 bridgehead atoms. The zero-order chi connectivity index (χ0) is 24.5. The molecule has 1 aromatic carbocycles. The van der Waals surface area contributed by atoms with E-state index in [4.69, 9.17) is 45.4 Å². The van der Waals surface area contributed by atoms with Crippen LogP contribution >= 0.6 is 24.4 Å². The maximum atomic E-state index is 6.73. The first-order valence-corrected chi connectivity index (χ1v) is 13.4. The second kappa shape index (κ2) is 13.0. The SMILES string of the molecule is CCCCCCCCCc1ccccc1OC(=S)C(N)C1(C)CC(OC(N)=S)CC(C)(C)C1. The van der Waals surface area contributed by atoms with E-state index in [1.54, 1.807) is 0 Å². The molecule has 1 aromatic rings. The van der Waals surface area contributed by atoms with Crippen LogP contribution in [0.25, 0.3) is 0 Å². The molecule has 0 saturated heterocycles. The Hall–Kier alpha value is -1.24. The second-order valence-corrected chi connectivity index (χ2v) is 11.6. The summed E-state index contributed by atoms with van der Waals surface area (Å²) in [6.07, 6.45) is 12.5. The fourth-order valence-corrected chi connectivity index (χ4v) is 5.98. The van der Waals surface area contributed by atoms with E-state index in [1.165, 1.54) is 44.1 Å². The minimum absolute atomic E-state index is 0.0463. The molecule has 1 aliphatic rings. The number of nitrogens with two attached hydrogens (primary N) is 2. The van der Waals surface area contributed by atoms with Crippen LogP contribution in [0.1, 0.15) is 97.5 Å². The van der Waals surface area contributed by atoms with Crippen molar-refractivity contribution in [2.45, 2.75) is 110 Å². The summed E-state index contributed by atoms with van der Waals surface area (Å²) in [4.78, 5) is 0. The number of rotatable bonds is 12. The van der Waals surface area contributed by atoms with Gasteiger partial charge in [-0.1, -0.05) is 84.4 Å². The molecular formula is C27H44N2O2S2. The standard InChI is InChI=1S/C27H44N2O2S2/c1-5-6-7-8-9-10-11-14-20-15-12-13-16-22(20)31-24(32)23(28)27(4)18-21(30-25(29)33)17-26(2,3)19-27/h12-13,15-16,21,23H,5-11,14,17-19,28H2,1-4H3,(H2,29,33). The van der Waals surface area contributed by atoms with Gasteiger partial charge in [0.25, 0.3) is 5.17 Å². The van der Waals surface area contributed by atoms with Crippen molar-refractivity contribution >= 4 is 34.7 Å². The third-order valence-electron chi connectivity index (χ3n) is 6.88. The highest BCUT2D eigenvalue weighted by Gasteiger charge is 2.47. The average molecular weight is 493 g/mol. The van der Waals surface area contributed by atoms with Gasteiger partial charge in [-0.05, 0) is 79.0 Å². The number of benzene rings is 1. The van der Waals surface area contributed by atoms with E-state index in [-0.39, 0.29) is 22.1 Å². The Morgan fingerprint density at radius 2 is 1.67 bits per heavy atom. The van der Waals surface area contributed by atoms with Gasteiger partial charge in [-0.3, -0.25) is 0 Å². The van der Waals surface area contributed by atoms with Gasteiger partial charge in [-0.2, -0.15) is 0 Å². The molecule has 4 nitrogen and oxygen atoms in total. The summed E-state index contributed by atoms with van der Waals surface area (Å²) in [5.41, 5.74) is 13.4. The van der Waals surface area contributed by atoms with Crippen LogP contribution in [0.5, 0.6) is 5.75 Å². The fraction of sp³-hybridized carbons (Fsp3) is 0.704. The van der Waals surface area contributed by atoms with Crippen molar-refractivity contribution in [3.05, 3.63) is 29.8 Å². The molecule has 33 heavy (non-hydrogen) atoms. The molecule has 1 fully saturated rings. The normalized spacial score (nSPS) is 23.0. The van der Waals surface area contributed by atoms with Crippen LogP contribution in [0, 0.1) is 10.8 Å². The molecule has 0 aromatic heterocycles. The minimum atomic E-state index is -0.392. The van der Waals surface area contributed by atoms with E-state index in [1.807, 2.05) is 12.1 Å². The number of thiocarbonyl (C=S) groups is 2. The summed E-state index contributed by atoms with van der Waals surface area (Å²) >= 11 is 10.7. The molecule has 3 unspecified atom stereocenters. The number of aryl methyl sites for hydroxylation is 1. The highest BCUT2D eigenvalue weighted by molar-refractivity contribution is 7.80. The van der Waals surface area contributed by atoms with Crippen molar-refractivity contribution < 1.29 is 9.47 Å². The van der Waals surface area contributed by atoms with Crippen LogP contribution < -0.4 is 16.2 Å². The first-order chi connectivity index (χ1) is 15.6. The summed E-state index contributed by atoms with van der Waals surface area (Å²) < 4.78 is 12.0. The van der Waals surface area contributed by atoms with E-state index in [2.05, 4.69) is 39.8 Å². The quantitative estimate of drug-likeness (QED) is 0.245. The highest BCUT2D eigenvalue weighted by atomic mass is 32.1. The Morgan fingerprint density at radius 1 is 1.03 bits per heavy atom. The van der Waals surface area contributed by atoms with E-state index < -0.39 is 6.04 Å². The van der Waals surface area contributed by atoms with Gasteiger partial charge in [0.1, 0.15) is 11.9 Å². The predicted octanol–water partition coefficient (Wildman–Crippen LogP) is 6.86. The lowest BCUT2D eigenvalue weighted by atomic mass is 9.60. The molecule has 1 saturated carbocycles. The maximum absolute atomic E-state index is 6.73. The van der Waals surface area contributed by atoms with Crippen LogP contribution in [0.15, 0.2) is 24.3 Å². The zero-order valence-corrected chi connectivity index (χ0v) is 22.7. The van der Waals surface area contributed by atoms with Crippen molar-refractivity contribution in [2.24, 2.45) is 22.3 Å². The second-order valence-electron chi connectivity index (χ2n) is 10.8. The van der Waals surface area contributed by atoms with Gasteiger partial charge in [0, 0.05) is 0 Å². The summed E-state index contributed by atoms with van der Waals surface area (Å²) in [6.45, 7) is 8.89. The minimum Gasteiger partial charge on any atom is -0.468 e. The molecule has 6 heteroatoms. The van der Waals surface area contributed by atoms with Crippen LogP contribution in [0.3, 0.4) is 0 Å². The van der Waals surface area contributed by atoms with Gasteiger partial charge >= 0.3 is 0 Å². The fourth-order valence-electron chi connectivity index (χ4n) is 5.47.